The Morgan fingerprint density at radius 1 is 1.18 bits per heavy atom. The Balaban J connectivity index is 1.56. The molecule has 1 aromatic carbocycles. The van der Waals surface area contributed by atoms with E-state index in [1.54, 1.807) is 0 Å². The number of amides is 1. The Kier molecular flexibility index (Phi) is 5.30. The van der Waals surface area contributed by atoms with Crippen molar-refractivity contribution in [1.29, 1.82) is 0 Å². The molecule has 3 aliphatic rings. The maximum atomic E-state index is 13.2. The van der Waals surface area contributed by atoms with Gasteiger partial charge in [0.25, 0.3) is 0 Å². The van der Waals surface area contributed by atoms with Gasteiger partial charge in [-0.1, -0.05) is 24.3 Å². The number of hydrogen-bond donors (Lipinski definition) is 4. The summed E-state index contributed by atoms with van der Waals surface area (Å²) in [6.45, 7) is 1.22. The van der Waals surface area contributed by atoms with Crippen molar-refractivity contribution < 1.29 is 18.0 Å². The number of piperidine rings is 1. The third kappa shape index (κ3) is 3.73. The standard InChI is InChI=1S/C18H22F3N5OS/c19-18(20,21)11-5-6-22-13(7-11)12-4-2-1-3-10(12)8-26-15-14(23-9-24-15)16(27)25-17(26)28/h1-4,11,13-15,22-24H,5-9H2,(H,25,27,28)/t11-,13-,14?,15?/m0/s1. The number of fused-ring (bicyclic) bond motifs is 1. The highest BCUT2D eigenvalue weighted by Crippen LogP contribution is 2.39. The van der Waals surface area contributed by atoms with Crippen LogP contribution in [0.25, 0.3) is 0 Å². The number of rotatable bonds is 3. The van der Waals surface area contributed by atoms with Crippen LogP contribution in [0.5, 0.6) is 0 Å². The van der Waals surface area contributed by atoms with Gasteiger partial charge in [0.1, 0.15) is 12.2 Å². The van der Waals surface area contributed by atoms with Crippen LogP contribution in [0.2, 0.25) is 0 Å². The summed E-state index contributed by atoms with van der Waals surface area (Å²) in [5, 5.41) is 12.6. The zero-order chi connectivity index (χ0) is 19.9. The van der Waals surface area contributed by atoms with Gasteiger partial charge >= 0.3 is 6.18 Å². The third-order valence-corrected chi connectivity index (χ3v) is 6.03. The van der Waals surface area contributed by atoms with Gasteiger partial charge in [-0.25, -0.2) is 0 Å². The first kappa shape index (κ1) is 19.6. The second-order valence-electron chi connectivity index (χ2n) is 7.40. The van der Waals surface area contributed by atoms with Crippen molar-refractivity contribution in [3.63, 3.8) is 0 Å². The summed E-state index contributed by atoms with van der Waals surface area (Å²) < 4.78 is 39.7. The first-order valence-electron chi connectivity index (χ1n) is 9.30. The van der Waals surface area contributed by atoms with Crippen LogP contribution in [0.3, 0.4) is 0 Å². The molecule has 0 aromatic heterocycles. The fraction of sp³-hybridized carbons (Fsp3) is 0.556. The molecule has 0 aliphatic carbocycles. The van der Waals surface area contributed by atoms with E-state index in [0.29, 0.717) is 24.9 Å². The molecule has 10 heteroatoms. The van der Waals surface area contributed by atoms with E-state index < -0.39 is 18.1 Å². The van der Waals surface area contributed by atoms with Crippen molar-refractivity contribution in [3.8, 4) is 0 Å². The summed E-state index contributed by atoms with van der Waals surface area (Å²) in [5.74, 6) is -1.47. The summed E-state index contributed by atoms with van der Waals surface area (Å²) in [7, 11) is 0. The number of carbonyl (C=O) groups is 1. The van der Waals surface area contributed by atoms with Crippen LogP contribution < -0.4 is 21.3 Å². The van der Waals surface area contributed by atoms with E-state index >= 15 is 0 Å². The van der Waals surface area contributed by atoms with E-state index in [0.717, 1.165) is 11.1 Å². The van der Waals surface area contributed by atoms with Gasteiger partial charge in [-0.2, -0.15) is 13.2 Å². The lowest BCUT2D eigenvalue weighted by atomic mass is 9.86. The molecule has 3 aliphatic heterocycles. The van der Waals surface area contributed by atoms with Gasteiger partial charge in [0, 0.05) is 19.3 Å². The average Bonchev–Trinajstić information content (AvgIpc) is 3.15. The van der Waals surface area contributed by atoms with Crippen LogP contribution in [0.4, 0.5) is 13.2 Å². The van der Waals surface area contributed by atoms with Crippen molar-refractivity contribution in [2.75, 3.05) is 13.2 Å². The summed E-state index contributed by atoms with van der Waals surface area (Å²) in [6.07, 6.45) is -4.34. The Hall–Kier alpha value is -1.75. The zero-order valence-electron chi connectivity index (χ0n) is 15.1. The number of halogens is 3. The molecule has 0 spiro atoms. The zero-order valence-corrected chi connectivity index (χ0v) is 15.9. The fourth-order valence-electron chi connectivity index (χ4n) is 4.23. The van der Waals surface area contributed by atoms with E-state index in [1.807, 2.05) is 29.2 Å². The second kappa shape index (κ2) is 7.58. The molecule has 6 nitrogen and oxygen atoms in total. The molecule has 0 saturated carbocycles. The van der Waals surface area contributed by atoms with E-state index in [2.05, 4.69) is 21.3 Å². The maximum Gasteiger partial charge on any atom is 0.391 e. The summed E-state index contributed by atoms with van der Waals surface area (Å²) in [4.78, 5) is 14.0. The number of nitrogens with one attached hydrogen (secondary N) is 4. The lowest BCUT2D eigenvalue weighted by molar-refractivity contribution is -0.183. The topological polar surface area (TPSA) is 68.4 Å². The van der Waals surface area contributed by atoms with Crippen LogP contribution in [-0.2, 0) is 11.3 Å². The largest absolute Gasteiger partial charge is 0.391 e. The Bertz CT molecular complexity index is 774. The van der Waals surface area contributed by atoms with Gasteiger partial charge in [-0.05, 0) is 42.7 Å². The summed E-state index contributed by atoms with van der Waals surface area (Å²) >= 11 is 5.36. The van der Waals surface area contributed by atoms with Gasteiger partial charge in [0.05, 0.1) is 5.92 Å². The maximum absolute atomic E-state index is 13.2. The number of benzene rings is 1. The second-order valence-corrected chi connectivity index (χ2v) is 7.78. The molecular formula is C18H22F3N5OS. The molecule has 3 heterocycles. The van der Waals surface area contributed by atoms with Crippen molar-refractivity contribution >= 4 is 23.2 Å². The minimum atomic E-state index is -4.18. The molecule has 152 valence electrons. The molecule has 28 heavy (non-hydrogen) atoms. The molecule has 3 fully saturated rings. The molecular weight excluding hydrogens is 391 g/mol. The van der Waals surface area contributed by atoms with Gasteiger partial charge in [-0.3, -0.25) is 15.4 Å². The number of nitrogens with zero attached hydrogens (tertiary/aromatic N) is 1. The van der Waals surface area contributed by atoms with E-state index in [-0.39, 0.29) is 31.0 Å². The lowest BCUT2D eigenvalue weighted by Gasteiger charge is -2.39. The molecule has 0 radical (unpaired) electrons. The highest BCUT2D eigenvalue weighted by Gasteiger charge is 2.44. The first-order valence-corrected chi connectivity index (χ1v) is 9.71. The Morgan fingerprint density at radius 2 is 1.96 bits per heavy atom. The number of thiocarbonyl (C=S) groups is 1. The van der Waals surface area contributed by atoms with E-state index in [1.165, 1.54) is 0 Å². The van der Waals surface area contributed by atoms with Crippen LogP contribution in [0.1, 0.15) is 30.0 Å². The molecule has 1 aromatic rings. The molecule has 4 rings (SSSR count). The first-order chi connectivity index (χ1) is 13.3. The lowest BCUT2D eigenvalue weighted by Crippen LogP contribution is -2.65. The summed E-state index contributed by atoms with van der Waals surface area (Å²) in [5.41, 5.74) is 1.74. The van der Waals surface area contributed by atoms with Crippen molar-refractivity contribution in [2.24, 2.45) is 5.92 Å². The van der Waals surface area contributed by atoms with Crippen molar-refractivity contribution in [3.05, 3.63) is 35.4 Å². The minimum absolute atomic E-state index is 0.0214. The summed E-state index contributed by atoms with van der Waals surface area (Å²) in [6, 6.07) is 6.70. The molecule has 1 amide bonds. The normalized spacial score (nSPS) is 30.9. The predicted molar refractivity (Wildman–Crippen MR) is 101 cm³/mol. The number of carbonyl (C=O) groups excluding carboxylic acids is 1. The SMILES string of the molecule is O=C1NC(=S)N(Cc2ccccc2[C@@H]2C[C@@H](C(F)(F)F)CCN2)C2NCNC12. The molecule has 0 bridgehead atoms. The predicted octanol–water partition coefficient (Wildman–Crippen LogP) is 1.35. The van der Waals surface area contributed by atoms with Crippen LogP contribution in [-0.4, -0.2) is 47.5 Å². The third-order valence-electron chi connectivity index (χ3n) is 5.70. The monoisotopic (exact) mass is 413 g/mol. The van der Waals surface area contributed by atoms with Crippen LogP contribution >= 0.6 is 12.2 Å². The number of alkyl halides is 3. The molecule has 2 unspecified atom stereocenters. The fourth-order valence-corrected chi connectivity index (χ4v) is 4.51. The highest BCUT2D eigenvalue weighted by molar-refractivity contribution is 7.80. The molecule has 3 saturated heterocycles. The molecule has 4 atom stereocenters. The van der Waals surface area contributed by atoms with Crippen molar-refractivity contribution in [1.82, 2.24) is 26.2 Å². The van der Waals surface area contributed by atoms with Crippen molar-refractivity contribution in [2.45, 2.75) is 43.8 Å². The average molecular weight is 413 g/mol. The van der Waals surface area contributed by atoms with Gasteiger partial charge < -0.3 is 15.5 Å². The number of hydrogen-bond acceptors (Lipinski definition) is 5. The minimum Gasteiger partial charge on any atom is -0.327 e. The Morgan fingerprint density at radius 3 is 2.75 bits per heavy atom. The van der Waals surface area contributed by atoms with Crippen LogP contribution in [0.15, 0.2) is 24.3 Å². The van der Waals surface area contributed by atoms with Gasteiger partial charge in [0.2, 0.25) is 5.91 Å². The van der Waals surface area contributed by atoms with E-state index in [9.17, 15) is 18.0 Å². The van der Waals surface area contributed by atoms with Gasteiger partial charge in [-0.15, -0.1) is 0 Å². The smallest absolute Gasteiger partial charge is 0.327 e. The highest BCUT2D eigenvalue weighted by atomic mass is 32.1. The quantitative estimate of drug-likeness (QED) is 0.561. The van der Waals surface area contributed by atoms with Gasteiger partial charge in [0.15, 0.2) is 5.11 Å². The molecule has 4 N–H and O–H groups in total. The Labute approximate surface area is 166 Å². The van der Waals surface area contributed by atoms with Crippen LogP contribution in [0, 0.1) is 5.92 Å². The van der Waals surface area contributed by atoms with E-state index in [4.69, 9.17) is 12.2 Å².